The van der Waals surface area contributed by atoms with E-state index in [1.54, 1.807) is 22.2 Å². The van der Waals surface area contributed by atoms with Gasteiger partial charge in [0.25, 0.3) is 5.56 Å². The van der Waals surface area contributed by atoms with Gasteiger partial charge in [-0.3, -0.25) is 13.9 Å². The molecule has 0 aliphatic rings. The lowest BCUT2D eigenvalue weighted by molar-refractivity contribution is 0.200. The number of benzene rings is 3. The second-order valence-electron chi connectivity index (χ2n) is 9.01. The molecule has 5 rings (SSSR count). The van der Waals surface area contributed by atoms with Crippen molar-refractivity contribution in [3.63, 3.8) is 0 Å². The van der Waals surface area contributed by atoms with Crippen molar-refractivity contribution in [1.29, 1.82) is 0 Å². The molecule has 37 heavy (non-hydrogen) atoms. The van der Waals surface area contributed by atoms with Gasteiger partial charge in [0.05, 0.1) is 31.3 Å². The lowest BCUT2D eigenvalue weighted by Crippen LogP contribution is -2.22. The fourth-order valence-corrected chi connectivity index (χ4v) is 4.83. The molecule has 0 spiro atoms. The first-order valence-electron chi connectivity index (χ1n) is 11.9. The molecule has 0 atom stereocenters. The molecule has 9 nitrogen and oxygen atoms in total. The van der Waals surface area contributed by atoms with E-state index in [2.05, 4.69) is 4.98 Å². The second kappa shape index (κ2) is 9.59. The summed E-state index contributed by atoms with van der Waals surface area (Å²) in [7, 11) is 3.19. The molecule has 9 heteroatoms. The van der Waals surface area contributed by atoms with Crippen LogP contribution >= 0.6 is 0 Å². The Labute approximate surface area is 212 Å². The van der Waals surface area contributed by atoms with Crippen LogP contribution in [0.25, 0.3) is 33.3 Å². The van der Waals surface area contributed by atoms with Gasteiger partial charge in [0, 0.05) is 18.7 Å². The average Bonchev–Trinajstić information content (AvgIpc) is 3.12. The van der Waals surface area contributed by atoms with Gasteiger partial charge in [0.1, 0.15) is 34.8 Å². The van der Waals surface area contributed by atoms with Crippen molar-refractivity contribution in [2.75, 3.05) is 20.3 Å². The minimum absolute atomic E-state index is 0.0836. The van der Waals surface area contributed by atoms with Gasteiger partial charge < -0.3 is 19.6 Å². The van der Waals surface area contributed by atoms with Crippen LogP contribution in [0.4, 0.5) is 0 Å². The number of rotatable bonds is 7. The van der Waals surface area contributed by atoms with Gasteiger partial charge in [-0.1, -0.05) is 30.3 Å². The summed E-state index contributed by atoms with van der Waals surface area (Å²) in [6.07, 6.45) is 0. The maximum absolute atomic E-state index is 13.4. The molecule has 5 aromatic rings. The summed E-state index contributed by atoms with van der Waals surface area (Å²) in [5.41, 5.74) is 4.35. The maximum Gasteiger partial charge on any atom is 0.329 e. The maximum atomic E-state index is 13.4. The van der Waals surface area contributed by atoms with Crippen molar-refractivity contribution in [1.82, 2.24) is 19.1 Å². The Morgan fingerprint density at radius 1 is 1.05 bits per heavy atom. The zero-order chi connectivity index (χ0) is 26.3. The molecule has 0 aliphatic heterocycles. The first-order valence-corrected chi connectivity index (χ1v) is 11.9. The van der Waals surface area contributed by atoms with E-state index in [-0.39, 0.29) is 29.8 Å². The molecule has 2 heterocycles. The topological polar surface area (TPSA) is 111 Å². The van der Waals surface area contributed by atoms with E-state index in [0.717, 1.165) is 16.7 Å². The van der Waals surface area contributed by atoms with Gasteiger partial charge in [0.15, 0.2) is 0 Å². The number of imidazole rings is 1. The van der Waals surface area contributed by atoms with Crippen molar-refractivity contribution in [2.24, 2.45) is 7.05 Å². The van der Waals surface area contributed by atoms with E-state index >= 15 is 0 Å². The number of hydrogen-bond donors (Lipinski definition) is 2. The highest BCUT2D eigenvalue weighted by Gasteiger charge is 2.22. The molecule has 2 N–H and O–H groups in total. The number of aliphatic hydroxyl groups is 1. The third-order valence-corrected chi connectivity index (χ3v) is 6.52. The number of nitrogens with one attached hydrogen (secondary N) is 1. The third kappa shape index (κ3) is 4.17. The largest absolute Gasteiger partial charge is 0.496 e. The zero-order valence-electron chi connectivity index (χ0n) is 21.2. The van der Waals surface area contributed by atoms with Crippen LogP contribution in [0.15, 0.2) is 58.1 Å². The summed E-state index contributed by atoms with van der Waals surface area (Å²) in [6, 6.07) is 15.1. The van der Waals surface area contributed by atoms with Crippen molar-refractivity contribution >= 4 is 21.9 Å². The normalized spacial score (nSPS) is 11.4. The highest BCUT2D eigenvalue weighted by atomic mass is 16.5. The molecule has 2 aromatic heterocycles. The van der Waals surface area contributed by atoms with Crippen LogP contribution in [0.3, 0.4) is 0 Å². The predicted octanol–water partition coefficient (Wildman–Crippen LogP) is 3.29. The molecule has 0 bridgehead atoms. The second-order valence-corrected chi connectivity index (χ2v) is 9.01. The fraction of sp³-hybridized carbons (Fsp3) is 0.250. The Morgan fingerprint density at radius 3 is 2.41 bits per heavy atom. The number of aromatic amines is 1. The van der Waals surface area contributed by atoms with E-state index in [1.165, 1.54) is 7.11 Å². The number of methoxy groups -OCH3 is 1. The van der Waals surface area contributed by atoms with Crippen molar-refractivity contribution in [3.05, 3.63) is 86.1 Å². The van der Waals surface area contributed by atoms with Crippen LogP contribution in [0.2, 0.25) is 0 Å². The lowest BCUT2D eigenvalue weighted by atomic mass is 10.0. The molecular formula is C28H28N4O5. The van der Waals surface area contributed by atoms with E-state index in [1.807, 2.05) is 56.3 Å². The molecule has 0 amide bonds. The number of aliphatic hydroxyl groups excluding tert-OH is 1. The summed E-state index contributed by atoms with van der Waals surface area (Å²) in [5.74, 6) is 1.40. The number of aryl methyl sites for hydroxylation is 3. The summed E-state index contributed by atoms with van der Waals surface area (Å²) < 4.78 is 14.4. The van der Waals surface area contributed by atoms with Gasteiger partial charge in [0.2, 0.25) is 0 Å². The Morgan fingerprint density at radius 2 is 1.76 bits per heavy atom. The van der Waals surface area contributed by atoms with Crippen molar-refractivity contribution in [2.45, 2.75) is 20.4 Å². The lowest BCUT2D eigenvalue weighted by Gasteiger charge is -2.14. The molecular weight excluding hydrogens is 472 g/mol. The van der Waals surface area contributed by atoms with Crippen LogP contribution in [0.1, 0.15) is 16.7 Å². The number of hydrogen-bond acceptors (Lipinski definition) is 6. The summed E-state index contributed by atoms with van der Waals surface area (Å²) >= 11 is 0. The highest BCUT2D eigenvalue weighted by Crippen LogP contribution is 2.33. The van der Waals surface area contributed by atoms with E-state index in [9.17, 15) is 9.59 Å². The van der Waals surface area contributed by atoms with Gasteiger partial charge in [-0.25, -0.2) is 9.78 Å². The number of aromatic nitrogens is 4. The Balaban J connectivity index is 1.80. The molecule has 0 unspecified atom stereocenters. The minimum Gasteiger partial charge on any atom is -0.496 e. The molecule has 0 saturated heterocycles. The summed E-state index contributed by atoms with van der Waals surface area (Å²) in [5, 5.41) is 9.41. The smallest absolute Gasteiger partial charge is 0.329 e. The first-order chi connectivity index (χ1) is 17.8. The van der Waals surface area contributed by atoms with Crippen LogP contribution in [-0.4, -0.2) is 44.5 Å². The first kappa shape index (κ1) is 24.3. The number of fused-ring (bicyclic) bond motifs is 3. The standard InChI is InChI=1S/C28H28N4O5/c1-16-12-19(13-17(2)25(16)37-11-10-33)26-29-23-22(27(34)30-26)21(36-4)14-20-24(23)32(28(35)31(20)3)15-18-8-6-5-7-9-18/h5-9,12-14,33H,10-11,15H2,1-4H3,(H,29,30,34). The van der Waals surface area contributed by atoms with E-state index in [0.29, 0.717) is 46.0 Å². The van der Waals surface area contributed by atoms with Gasteiger partial charge in [-0.2, -0.15) is 0 Å². The zero-order valence-corrected chi connectivity index (χ0v) is 21.2. The predicted molar refractivity (Wildman–Crippen MR) is 143 cm³/mol. The van der Waals surface area contributed by atoms with Crippen LogP contribution in [0, 0.1) is 13.8 Å². The molecule has 0 aliphatic carbocycles. The molecule has 0 radical (unpaired) electrons. The Kier molecular flexibility index (Phi) is 6.31. The number of H-pyrrole nitrogens is 1. The van der Waals surface area contributed by atoms with Crippen LogP contribution in [-0.2, 0) is 13.6 Å². The third-order valence-electron chi connectivity index (χ3n) is 6.52. The SMILES string of the molecule is COc1cc2c(c3nc(-c4cc(C)c(OCCO)c(C)c4)[nH]c(=O)c13)n(Cc1ccccc1)c(=O)n2C. The monoisotopic (exact) mass is 500 g/mol. The van der Waals surface area contributed by atoms with Gasteiger partial charge in [-0.15, -0.1) is 0 Å². The Hall–Kier alpha value is -4.37. The quantitative estimate of drug-likeness (QED) is 0.355. The number of ether oxygens (including phenoxy) is 2. The van der Waals surface area contributed by atoms with Crippen LogP contribution < -0.4 is 20.7 Å². The van der Waals surface area contributed by atoms with Gasteiger partial charge >= 0.3 is 5.69 Å². The molecule has 0 fully saturated rings. The minimum atomic E-state index is -0.364. The van der Waals surface area contributed by atoms with Crippen molar-refractivity contribution < 1.29 is 14.6 Å². The molecule has 3 aromatic carbocycles. The molecule has 190 valence electrons. The average molecular weight is 501 g/mol. The van der Waals surface area contributed by atoms with Crippen molar-refractivity contribution in [3.8, 4) is 22.9 Å². The fourth-order valence-electron chi connectivity index (χ4n) is 4.83. The summed E-state index contributed by atoms with van der Waals surface area (Å²) in [4.78, 5) is 34.5. The van der Waals surface area contributed by atoms with E-state index in [4.69, 9.17) is 19.6 Å². The highest BCUT2D eigenvalue weighted by molar-refractivity contribution is 6.05. The Bertz CT molecular complexity index is 1730. The van der Waals surface area contributed by atoms with Crippen LogP contribution in [0.5, 0.6) is 11.5 Å². The van der Waals surface area contributed by atoms with Gasteiger partial charge in [-0.05, 0) is 42.7 Å². The number of nitrogens with zero attached hydrogens (tertiary/aromatic N) is 3. The molecule has 0 saturated carbocycles. The van der Waals surface area contributed by atoms with E-state index < -0.39 is 0 Å². The summed E-state index contributed by atoms with van der Waals surface area (Å²) in [6.45, 7) is 4.24.